The molecule has 0 aliphatic carbocycles. The largest absolute Gasteiger partial charge is 0.465 e. The number of carbonyl (C=O) groups is 3. The van der Waals surface area contributed by atoms with E-state index >= 15 is 0 Å². The van der Waals surface area contributed by atoms with Gasteiger partial charge in [-0.1, -0.05) is 54.6 Å². The molecule has 3 amide bonds. The van der Waals surface area contributed by atoms with Crippen molar-refractivity contribution in [2.45, 2.75) is 19.0 Å². The lowest BCUT2D eigenvalue weighted by atomic mass is 10.0. The summed E-state index contributed by atoms with van der Waals surface area (Å²) in [4.78, 5) is 41.9. The quantitative estimate of drug-likeness (QED) is 0.244. The summed E-state index contributed by atoms with van der Waals surface area (Å²) in [7, 11) is 3.20. The lowest BCUT2D eigenvalue weighted by Gasteiger charge is -2.30. The summed E-state index contributed by atoms with van der Waals surface area (Å²) in [6.45, 7) is 0.0763. The van der Waals surface area contributed by atoms with Gasteiger partial charge in [0.25, 0.3) is 5.91 Å². The van der Waals surface area contributed by atoms with Gasteiger partial charge in [-0.15, -0.1) is 11.3 Å². The fourth-order valence-electron chi connectivity index (χ4n) is 4.19. The molecule has 0 unspecified atom stereocenters. The third-order valence-electron chi connectivity index (χ3n) is 6.30. The lowest BCUT2D eigenvalue weighted by Crippen LogP contribution is -2.49. The number of carbonyl (C=O) groups excluding carboxylic acids is 2. The fourth-order valence-corrected chi connectivity index (χ4v) is 4.91. The van der Waals surface area contributed by atoms with Crippen molar-refractivity contribution in [1.82, 2.24) is 9.80 Å². The Balaban J connectivity index is 1.51. The predicted molar refractivity (Wildman–Crippen MR) is 155 cm³/mol. The normalized spacial score (nSPS) is 11.4. The number of anilines is 2. The van der Waals surface area contributed by atoms with Crippen LogP contribution in [0.25, 0.3) is 10.4 Å². The summed E-state index contributed by atoms with van der Waals surface area (Å²) in [5.41, 5.74) is 9.96. The van der Waals surface area contributed by atoms with E-state index in [-0.39, 0.29) is 24.8 Å². The Morgan fingerprint density at radius 2 is 1.64 bits per heavy atom. The average Bonchev–Trinajstić information content (AvgIpc) is 3.47. The first-order chi connectivity index (χ1) is 18.7. The Morgan fingerprint density at radius 3 is 2.26 bits per heavy atom. The van der Waals surface area contributed by atoms with Gasteiger partial charge < -0.3 is 21.1 Å². The van der Waals surface area contributed by atoms with Crippen molar-refractivity contribution in [1.29, 1.82) is 0 Å². The molecule has 200 valence electrons. The van der Waals surface area contributed by atoms with Crippen molar-refractivity contribution >= 4 is 40.6 Å². The van der Waals surface area contributed by atoms with Crippen molar-refractivity contribution < 1.29 is 19.5 Å². The molecular weight excluding hydrogens is 512 g/mol. The second-order valence-electron chi connectivity index (χ2n) is 9.28. The van der Waals surface area contributed by atoms with E-state index < -0.39 is 12.1 Å². The Bertz CT molecular complexity index is 1440. The lowest BCUT2D eigenvalue weighted by molar-refractivity contribution is -0.134. The minimum absolute atomic E-state index is 0.0763. The molecule has 1 heterocycles. The zero-order chi connectivity index (χ0) is 27.9. The summed E-state index contributed by atoms with van der Waals surface area (Å²) in [6, 6.07) is 24.5. The Labute approximate surface area is 231 Å². The number of hydrogen-bond donors (Lipinski definition) is 3. The van der Waals surface area contributed by atoms with Gasteiger partial charge in [0.05, 0.1) is 11.4 Å². The number of nitrogens with two attached hydrogens (primary N) is 1. The van der Waals surface area contributed by atoms with Crippen molar-refractivity contribution in [2.75, 3.05) is 25.1 Å². The Hall–Kier alpha value is -4.63. The maximum Gasteiger partial charge on any atom is 0.408 e. The van der Waals surface area contributed by atoms with E-state index in [4.69, 9.17) is 5.73 Å². The molecular formula is C30H30N4O4S. The van der Waals surface area contributed by atoms with Gasteiger partial charge in [-0.3, -0.25) is 14.5 Å². The van der Waals surface area contributed by atoms with Crippen LogP contribution in [-0.4, -0.2) is 53.0 Å². The highest BCUT2D eigenvalue weighted by molar-refractivity contribution is 7.13. The zero-order valence-electron chi connectivity index (χ0n) is 21.7. The Kier molecular flexibility index (Phi) is 8.63. The average molecular weight is 543 g/mol. The molecule has 1 aromatic heterocycles. The second kappa shape index (κ2) is 12.3. The van der Waals surface area contributed by atoms with Gasteiger partial charge in [0, 0.05) is 37.5 Å². The van der Waals surface area contributed by atoms with Crippen LogP contribution in [0.3, 0.4) is 0 Å². The minimum atomic E-state index is -1.18. The molecule has 4 N–H and O–H groups in total. The predicted octanol–water partition coefficient (Wildman–Crippen LogP) is 5.43. The standard InChI is InChI=1S/C30H30N4O4S/c1-33(2)29(36)26(34(30(37)38)19-21-7-4-3-5-8-21)17-20-10-12-22(13-11-20)28(35)32-25-18-23(14-15-24(25)31)27-9-6-16-39-27/h3-16,18,26H,17,19,31H2,1-2H3,(H,32,35)(H,37,38)/t26-/m0/s1. The van der Waals surface area contributed by atoms with E-state index in [9.17, 15) is 19.5 Å². The number of benzene rings is 3. The highest BCUT2D eigenvalue weighted by Gasteiger charge is 2.31. The highest BCUT2D eigenvalue weighted by atomic mass is 32.1. The first kappa shape index (κ1) is 27.4. The smallest absolute Gasteiger partial charge is 0.408 e. The SMILES string of the molecule is CN(C)C(=O)[C@H](Cc1ccc(C(=O)Nc2cc(-c3cccs3)ccc2N)cc1)N(Cc1ccccc1)C(=O)O. The number of rotatable bonds is 9. The zero-order valence-corrected chi connectivity index (χ0v) is 22.5. The van der Waals surface area contributed by atoms with Gasteiger partial charge >= 0.3 is 6.09 Å². The van der Waals surface area contributed by atoms with Crippen LogP contribution in [0.4, 0.5) is 16.2 Å². The number of amides is 3. The topological polar surface area (TPSA) is 116 Å². The molecule has 0 saturated heterocycles. The van der Waals surface area contributed by atoms with E-state index in [2.05, 4.69) is 5.32 Å². The molecule has 4 rings (SSSR count). The van der Waals surface area contributed by atoms with Gasteiger partial charge in [0.1, 0.15) is 6.04 Å². The van der Waals surface area contributed by atoms with Crippen LogP contribution in [0.1, 0.15) is 21.5 Å². The molecule has 0 saturated carbocycles. The van der Waals surface area contributed by atoms with E-state index in [1.165, 1.54) is 4.90 Å². The third-order valence-corrected chi connectivity index (χ3v) is 7.21. The van der Waals surface area contributed by atoms with Gasteiger partial charge in [-0.25, -0.2) is 4.79 Å². The van der Waals surface area contributed by atoms with Crippen molar-refractivity contribution in [2.24, 2.45) is 0 Å². The molecule has 8 nitrogen and oxygen atoms in total. The molecule has 4 aromatic rings. The van der Waals surface area contributed by atoms with E-state index in [0.29, 0.717) is 16.9 Å². The number of likely N-dealkylation sites (N-methyl/N-ethyl adjacent to an activating group) is 1. The maximum atomic E-state index is 13.1. The summed E-state index contributed by atoms with van der Waals surface area (Å²) in [6.07, 6.45) is -1.02. The highest BCUT2D eigenvalue weighted by Crippen LogP contribution is 2.30. The molecule has 0 fully saturated rings. The summed E-state index contributed by atoms with van der Waals surface area (Å²) >= 11 is 1.60. The van der Waals surface area contributed by atoms with Crippen LogP contribution in [0.15, 0.2) is 90.3 Å². The van der Waals surface area contributed by atoms with Gasteiger partial charge in [-0.2, -0.15) is 0 Å². The fraction of sp³-hybridized carbons (Fsp3) is 0.167. The number of nitrogens with one attached hydrogen (secondary N) is 1. The van der Waals surface area contributed by atoms with Crippen LogP contribution in [0.5, 0.6) is 0 Å². The van der Waals surface area contributed by atoms with Crippen LogP contribution >= 0.6 is 11.3 Å². The van der Waals surface area contributed by atoms with Crippen molar-refractivity contribution in [3.63, 3.8) is 0 Å². The first-order valence-electron chi connectivity index (χ1n) is 12.3. The minimum Gasteiger partial charge on any atom is -0.465 e. The van der Waals surface area contributed by atoms with Gasteiger partial charge in [-0.05, 0) is 52.4 Å². The molecule has 9 heteroatoms. The monoisotopic (exact) mass is 542 g/mol. The molecule has 0 aliphatic rings. The molecule has 0 spiro atoms. The molecule has 39 heavy (non-hydrogen) atoms. The van der Waals surface area contributed by atoms with Gasteiger partial charge in [0.2, 0.25) is 5.91 Å². The van der Waals surface area contributed by atoms with Crippen LogP contribution in [0.2, 0.25) is 0 Å². The van der Waals surface area contributed by atoms with E-state index in [1.54, 1.807) is 55.8 Å². The summed E-state index contributed by atoms with van der Waals surface area (Å²) < 4.78 is 0. The number of thiophene rings is 1. The number of nitrogens with zero attached hydrogens (tertiary/aromatic N) is 2. The van der Waals surface area contributed by atoms with Gasteiger partial charge in [0.15, 0.2) is 0 Å². The summed E-state index contributed by atoms with van der Waals surface area (Å²) in [5, 5.41) is 14.8. The molecule has 0 bridgehead atoms. The van der Waals surface area contributed by atoms with Crippen LogP contribution in [0, 0.1) is 0 Å². The van der Waals surface area contributed by atoms with Crippen molar-refractivity contribution in [3.05, 3.63) is 107 Å². The van der Waals surface area contributed by atoms with Crippen LogP contribution < -0.4 is 11.1 Å². The van der Waals surface area contributed by atoms with Crippen LogP contribution in [-0.2, 0) is 17.8 Å². The maximum absolute atomic E-state index is 13.1. The molecule has 3 aromatic carbocycles. The number of hydrogen-bond acceptors (Lipinski definition) is 5. The molecule has 0 radical (unpaired) electrons. The second-order valence-corrected chi connectivity index (χ2v) is 10.2. The first-order valence-corrected chi connectivity index (χ1v) is 13.2. The number of carboxylic acid groups (broad SMARTS) is 1. The molecule has 1 atom stereocenters. The third kappa shape index (κ3) is 6.82. The number of nitrogen functional groups attached to an aromatic ring is 1. The van der Waals surface area contributed by atoms with E-state index in [0.717, 1.165) is 26.5 Å². The Morgan fingerprint density at radius 1 is 0.923 bits per heavy atom. The van der Waals surface area contributed by atoms with E-state index in [1.807, 2.05) is 60.0 Å². The summed E-state index contributed by atoms with van der Waals surface area (Å²) in [5.74, 6) is -0.648. The van der Waals surface area contributed by atoms with Crippen molar-refractivity contribution in [3.8, 4) is 10.4 Å². The molecule has 0 aliphatic heterocycles.